The molecule has 182 valence electrons. The summed E-state index contributed by atoms with van der Waals surface area (Å²) in [6.45, 7) is 4.84. The Bertz CT molecular complexity index is 1160. The number of rotatable bonds is 8. The summed E-state index contributed by atoms with van der Waals surface area (Å²) in [5.41, 5.74) is 1.64. The van der Waals surface area contributed by atoms with Gasteiger partial charge < -0.3 is 15.3 Å². The molecule has 0 aliphatic heterocycles. The highest BCUT2D eigenvalue weighted by Crippen LogP contribution is 2.83. The highest BCUT2D eigenvalue weighted by molar-refractivity contribution is 5.95. The lowest BCUT2D eigenvalue weighted by molar-refractivity contribution is 0.0614. The van der Waals surface area contributed by atoms with Crippen molar-refractivity contribution in [1.29, 1.82) is 0 Å². The van der Waals surface area contributed by atoms with Gasteiger partial charge in [0.15, 0.2) is 0 Å². The number of hydrogen-bond acceptors (Lipinski definition) is 4. The second kappa shape index (κ2) is 7.30. The first-order chi connectivity index (χ1) is 16.1. The number of nitrogens with one attached hydrogen (secondary N) is 1. The van der Waals surface area contributed by atoms with E-state index in [0.717, 1.165) is 24.3 Å². The summed E-state index contributed by atoms with van der Waals surface area (Å²) >= 11 is 0. The Morgan fingerprint density at radius 2 is 2.12 bits per heavy atom. The third-order valence-electron chi connectivity index (χ3n) is 9.22. The van der Waals surface area contributed by atoms with E-state index >= 15 is 0 Å². The maximum absolute atomic E-state index is 13.2. The average Bonchev–Trinajstić information content (AvgIpc) is 3.61. The number of amides is 2. The van der Waals surface area contributed by atoms with Crippen LogP contribution in [0.2, 0.25) is 0 Å². The molecule has 1 spiro atoms. The topological polar surface area (TPSA) is 86.9 Å². The number of pyridine rings is 1. The molecule has 0 aromatic carbocycles. The molecule has 0 radical (unpaired) electrons. The molecule has 2 amide bonds. The predicted octanol–water partition coefficient (Wildman–Crippen LogP) is 3.51. The quantitative estimate of drug-likeness (QED) is 0.626. The highest BCUT2D eigenvalue weighted by Gasteiger charge is 2.76. The molecule has 5 unspecified atom stereocenters. The van der Waals surface area contributed by atoms with Crippen LogP contribution in [0.3, 0.4) is 0 Å². The van der Waals surface area contributed by atoms with Crippen LogP contribution in [0.25, 0.3) is 5.65 Å². The van der Waals surface area contributed by atoms with Gasteiger partial charge in [0.05, 0.1) is 5.60 Å². The molecular weight excluding hydrogens is 428 g/mol. The van der Waals surface area contributed by atoms with Crippen molar-refractivity contribution in [3.8, 4) is 0 Å². The van der Waals surface area contributed by atoms with E-state index in [1.807, 2.05) is 12.1 Å². The van der Waals surface area contributed by atoms with E-state index in [0.29, 0.717) is 47.3 Å². The molecule has 2 N–H and O–H groups in total. The Hall–Kier alpha value is -2.41. The van der Waals surface area contributed by atoms with Gasteiger partial charge in [0, 0.05) is 26.3 Å². The molecule has 6 rings (SSSR count). The van der Waals surface area contributed by atoms with Crippen LogP contribution in [-0.4, -0.2) is 56.9 Å². The largest absolute Gasteiger partial charge is 0.390 e. The summed E-state index contributed by atoms with van der Waals surface area (Å²) < 4.78 is 1.73. The van der Waals surface area contributed by atoms with Crippen LogP contribution in [0.1, 0.15) is 79.8 Å². The second-order valence-corrected chi connectivity index (χ2v) is 12.4. The van der Waals surface area contributed by atoms with Gasteiger partial charge in [0.25, 0.3) is 11.8 Å². The second-order valence-electron chi connectivity index (χ2n) is 12.4. The van der Waals surface area contributed by atoms with E-state index in [-0.39, 0.29) is 11.8 Å². The van der Waals surface area contributed by atoms with E-state index < -0.39 is 5.60 Å². The molecule has 4 aliphatic rings. The summed E-state index contributed by atoms with van der Waals surface area (Å²) in [4.78, 5) is 32.3. The first-order valence-electron chi connectivity index (χ1n) is 12.8. The molecule has 5 atom stereocenters. The smallest absolute Gasteiger partial charge is 0.273 e. The molecule has 4 fully saturated rings. The SMILES string of the molecule is CN(CCCC(C)(C)O)C(=O)c1cn2c(C(=O)NCC34CC5CC5C5(CC5C3)C4)cccc2n1. The van der Waals surface area contributed by atoms with Crippen LogP contribution < -0.4 is 5.32 Å². The standard InChI is InChI=1S/C27H36N4O3/c1-25(2,34)8-5-9-30(3)24(33)20-14-31-21(6-4-7-22(31)29-20)23(32)28-16-26-11-17-10-19(17)27(15-26)13-18(27)12-26/h4,6-7,14,17-19,34H,5,8-13,15-16H2,1-3H3,(H,28,32). The Balaban J connectivity index is 1.13. The van der Waals surface area contributed by atoms with Gasteiger partial charge in [0.2, 0.25) is 0 Å². The number of carbonyl (C=O) groups is 2. The first kappa shape index (κ1) is 22.1. The third kappa shape index (κ3) is 3.63. The molecule has 7 nitrogen and oxygen atoms in total. The van der Waals surface area contributed by atoms with Gasteiger partial charge in [-0.2, -0.15) is 0 Å². The van der Waals surface area contributed by atoms with Gasteiger partial charge in [-0.05, 0) is 99.5 Å². The van der Waals surface area contributed by atoms with Crippen molar-refractivity contribution in [2.24, 2.45) is 28.6 Å². The van der Waals surface area contributed by atoms with E-state index in [9.17, 15) is 14.7 Å². The Kier molecular flexibility index (Phi) is 4.74. The molecule has 4 aliphatic carbocycles. The third-order valence-corrected chi connectivity index (χ3v) is 9.22. The molecule has 2 aromatic rings. The van der Waals surface area contributed by atoms with Crippen LogP contribution in [0, 0.1) is 28.6 Å². The number of aromatic nitrogens is 2. The number of nitrogens with zero attached hydrogens (tertiary/aromatic N) is 3. The monoisotopic (exact) mass is 464 g/mol. The molecule has 2 heterocycles. The van der Waals surface area contributed by atoms with Gasteiger partial charge in [-0.3, -0.25) is 14.0 Å². The van der Waals surface area contributed by atoms with Crippen LogP contribution >= 0.6 is 0 Å². The fraction of sp³-hybridized carbons (Fsp3) is 0.667. The minimum atomic E-state index is -0.744. The number of aliphatic hydroxyl groups is 1. The van der Waals surface area contributed by atoms with Gasteiger partial charge in [-0.25, -0.2) is 4.98 Å². The molecule has 4 saturated carbocycles. The number of fused-ring (bicyclic) bond motifs is 3. The Morgan fingerprint density at radius 3 is 2.91 bits per heavy atom. The lowest BCUT2D eigenvalue weighted by atomic mass is 9.71. The Labute approximate surface area is 200 Å². The number of imidazole rings is 1. The summed E-state index contributed by atoms with van der Waals surface area (Å²) in [6.07, 6.45) is 9.72. The minimum Gasteiger partial charge on any atom is -0.390 e. The number of carbonyl (C=O) groups excluding carboxylic acids is 2. The zero-order valence-electron chi connectivity index (χ0n) is 20.5. The molecule has 2 aromatic heterocycles. The van der Waals surface area contributed by atoms with Gasteiger partial charge in [-0.1, -0.05) is 6.07 Å². The van der Waals surface area contributed by atoms with Crippen LogP contribution in [0.15, 0.2) is 24.4 Å². The average molecular weight is 465 g/mol. The van der Waals surface area contributed by atoms with Crippen molar-refractivity contribution in [2.45, 2.75) is 64.4 Å². The zero-order chi connectivity index (χ0) is 23.9. The summed E-state index contributed by atoms with van der Waals surface area (Å²) in [5, 5.41) is 13.2. The molecule has 34 heavy (non-hydrogen) atoms. The van der Waals surface area contributed by atoms with Crippen LogP contribution in [0.4, 0.5) is 0 Å². The van der Waals surface area contributed by atoms with E-state index in [1.54, 1.807) is 42.5 Å². The van der Waals surface area contributed by atoms with Crippen LogP contribution in [-0.2, 0) is 0 Å². The van der Waals surface area contributed by atoms with Crippen molar-refractivity contribution >= 4 is 17.5 Å². The van der Waals surface area contributed by atoms with Crippen molar-refractivity contribution in [3.05, 3.63) is 35.8 Å². The van der Waals surface area contributed by atoms with Gasteiger partial charge >= 0.3 is 0 Å². The van der Waals surface area contributed by atoms with Crippen molar-refractivity contribution in [2.75, 3.05) is 20.1 Å². The van der Waals surface area contributed by atoms with E-state index in [4.69, 9.17) is 0 Å². The predicted molar refractivity (Wildman–Crippen MR) is 128 cm³/mol. The van der Waals surface area contributed by atoms with Gasteiger partial charge in [0.1, 0.15) is 17.0 Å². The van der Waals surface area contributed by atoms with Crippen molar-refractivity contribution in [3.63, 3.8) is 0 Å². The highest BCUT2D eigenvalue weighted by atomic mass is 16.3. The van der Waals surface area contributed by atoms with E-state index in [1.165, 1.54) is 32.1 Å². The van der Waals surface area contributed by atoms with Crippen molar-refractivity contribution < 1.29 is 14.7 Å². The molecule has 0 saturated heterocycles. The molecular formula is C27H36N4O3. The van der Waals surface area contributed by atoms with E-state index in [2.05, 4.69) is 10.3 Å². The minimum absolute atomic E-state index is 0.0950. The summed E-state index contributed by atoms with van der Waals surface area (Å²) in [6, 6.07) is 5.45. The summed E-state index contributed by atoms with van der Waals surface area (Å²) in [5.74, 6) is 2.54. The normalized spacial score (nSPS) is 32.8. The fourth-order valence-corrected chi connectivity index (χ4v) is 7.57. The maximum atomic E-state index is 13.2. The molecule has 2 bridgehead atoms. The maximum Gasteiger partial charge on any atom is 0.273 e. The molecule has 7 heteroatoms. The summed E-state index contributed by atoms with van der Waals surface area (Å²) in [7, 11) is 1.75. The number of hydrogen-bond donors (Lipinski definition) is 2. The first-order valence-corrected chi connectivity index (χ1v) is 12.8. The lowest BCUT2D eigenvalue weighted by Crippen LogP contribution is -2.40. The fourth-order valence-electron chi connectivity index (χ4n) is 7.57. The lowest BCUT2D eigenvalue weighted by Gasteiger charge is -2.36. The van der Waals surface area contributed by atoms with Gasteiger partial charge in [-0.15, -0.1) is 0 Å². The Morgan fingerprint density at radius 1 is 1.29 bits per heavy atom. The van der Waals surface area contributed by atoms with Crippen LogP contribution in [0.5, 0.6) is 0 Å². The zero-order valence-corrected chi connectivity index (χ0v) is 20.5. The van der Waals surface area contributed by atoms with Crippen molar-refractivity contribution in [1.82, 2.24) is 19.6 Å².